The van der Waals surface area contributed by atoms with Crippen molar-refractivity contribution >= 4 is 0 Å². The smallest absolute Gasteiger partial charge is 0.0205 e. The molecule has 0 bridgehead atoms. The van der Waals surface area contributed by atoms with Crippen LogP contribution in [-0.4, -0.2) is 36.6 Å². The number of likely N-dealkylation sites (tertiary alicyclic amines) is 1. The molecule has 16 heavy (non-hydrogen) atoms. The molecule has 0 aromatic carbocycles. The van der Waals surface area contributed by atoms with Gasteiger partial charge in [-0.1, -0.05) is 27.4 Å². The molecule has 2 heteroatoms. The lowest BCUT2D eigenvalue weighted by Gasteiger charge is -2.38. The van der Waals surface area contributed by atoms with Gasteiger partial charge in [0.25, 0.3) is 0 Å². The highest BCUT2D eigenvalue weighted by Gasteiger charge is 2.24. The van der Waals surface area contributed by atoms with Crippen molar-refractivity contribution in [3.63, 3.8) is 0 Å². The maximum Gasteiger partial charge on any atom is 0.0205 e. The maximum atomic E-state index is 4.18. The van der Waals surface area contributed by atoms with E-state index in [9.17, 15) is 0 Å². The summed E-state index contributed by atoms with van der Waals surface area (Å²) in [5.41, 5.74) is 1.31. The van der Waals surface area contributed by atoms with E-state index in [0.29, 0.717) is 12.1 Å². The molecule has 1 fully saturated rings. The van der Waals surface area contributed by atoms with Crippen molar-refractivity contribution in [2.75, 3.05) is 19.6 Å². The fourth-order valence-electron chi connectivity index (χ4n) is 2.34. The fraction of sp³-hybridized carbons (Fsp3) is 0.857. The molecule has 0 aliphatic carbocycles. The number of hydrogen-bond donors (Lipinski definition) is 1. The molecule has 1 aliphatic heterocycles. The molecule has 0 saturated carbocycles. The summed E-state index contributed by atoms with van der Waals surface area (Å²) in [7, 11) is 0. The zero-order valence-corrected chi connectivity index (χ0v) is 11.4. The molecular weight excluding hydrogens is 196 g/mol. The first-order valence-electron chi connectivity index (χ1n) is 6.64. The summed E-state index contributed by atoms with van der Waals surface area (Å²) < 4.78 is 0. The van der Waals surface area contributed by atoms with Crippen LogP contribution < -0.4 is 5.32 Å². The molecule has 0 spiro atoms. The predicted molar refractivity (Wildman–Crippen MR) is 71.7 cm³/mol. The van der Waals surface area contributed by atoms with Gasteiger partial charge in [-0.3, -0.25) is 4.90 Å². The van der Waals surface area contributed by atoms with Crippen LogP contribution in [0.4, 0.5) is 0 Å². The Hall–Kier alpha value is -0.340. The van der Waals surface area contributed by atoms with E-state index in [-0.39, 0.29) is 0 Å². The first-order chi connectivity index (χ1) is 7.50. The van der Waals surface area contributed by atoms with E-state index in [0.717, 1.165) is 19.0 Å². The van der Waals surface area contributed by atoms with Crippen LogP contribution in [-0.2, 0) is 0 Å². The summed E-state index contributed by atoms with van der Waals surface area (Å²) in [6.45, 7) is 16.5. The van der Waals surface area contributed by atoms with Crippen molar-refractivity contribution in [3.05, 3.63) is 12.2 Å². The third kappa shape index (κ3) is 4.26. The lowest BCUT2D eigenvalue weighted by atomic mass is 9.92. The molecule has 2 nitrogen and oxygen atoms in total. The predicted octanol–water partition coefficient (Wildman–Crippen LogP) is 2.66. The zero-order chi connectivity index (χ0) is 12.1. The third-order valence-electron chi connectivity index (χ3n) is 3.69. The van der Waals surface area contributed by atoms with Crippen molar-refractivity contribution in [1.82, 2.24) is 10.2 Å². The van der Waals surface area contributed by atoms with Crippen LogP contribution in [0, 0.1) is 5.92 Å². The van der Waals surface area contributed by atoms with Gasteiger partial charge in [-0.05, 0) is 37.8 Å². The molecule has 1 rings (SSSR count). The molecule has 0 amide bonds. The van der Waals surface area contributed by atoms with Crippen LogP contribution in [0.15, 0.2) is 12.2 Å². The molecule has 0 aromatic rings. The lowest BCUT2D eigenvalue weighted by molar-refractivity contribution is 0.124. The van der Waals surface area contributed by atoms with Crippen LogP contribution in [0.1, 0.15) is 40.5 Å². The second-order valence-corrected chi connectivity index (χ2v) is 5.62. The Kier molecular flexibility index (Phi) is 5.50. The number of hydrogen-bond acceptors (Lipinski definition) is 2. The van der Waals surface area contributed by atoms with Gasteiger partial charge in [0.05, 0.1) is 0 Å². The molecule has 2 atom stereocenters. The van der Waals surface area contributed by atoms with Crippen LogP contribution >= 0.6 is 0 Å². The average molecular weight is 224 g/mol. The minimum absolute atomic E-state index is 0.550. The summed E-state index contributed by atoms with van der Waals surface area (Å²) in [6.07, 6.45) is 2.73. The van der Waals surface area contributed by atoms with E-state index < -0.39 is 0 Å². The summed E-state index contributed by atoms with van der Waals surface area (Å²) in [6, 6.07) is 1.26. The Morgan fingerprint density at radius 3 is 2.75 bits per heavy atom. The van der Waals surface area contributed by atoms with E-state index in [1.54, 1.807) is 0 Å². The quantitative estimate of drug-likeness (QED) is 0.722. The lowest BCUT2D eigenvalue weighted by Crippen LogP contribution is -2.44. The van der Waals surface area contributed by atoms with Crippen LogP contribution in [0.3, 0.4) is 0 Å². The van der Waals surface area contributed by atoms with E-state index in [4.69, 9.17) is 0 Å². The summed E-state index contributed by atoms with van der Waals surface area (Å²) in [4.78, 5) is 2.58. The van der Waals surface area contributed by atoms with Crippen molar-refractivity contribution in [3.8, 4) is 0 Å². The second kappa shape index (κ2) is 6.41. The molecule has 0 radical (unpaired) electrons. The average Bonchev–Trinajstić information content (AvgIpc) is 2.22. The summed E-state index contributed by atoms with van der Waals surface area (Å²) in [5, 5.41) is 3.43. The first-order valence-corrected chi connectivity index (χ1v) is 6.64. The van der Waals surface area contributed by atoms with Gasteiger partial charge >= 0.3 is 0 Å². The molecule has 1 N–H and O–H groups in total. The van der Waals surface area contributed by atoms with Gasteiger partial charge in [-0.2, -0.15) is 0 Å². The topological polar surface area (TPSA) is 15.3 Å². The number of rotatable bonds is 5. The van der Waals surface area contributed by atoms with Gasteiger partial charge in [0.1, 0.15) is 0 Å². The number of nitrogens with one attached hydrogen (secondary N) is 1. The van der Waals surface area contributed by atoms with Gasteiger partial charge in [-0.25, -0.2) is 0 Å². The van der Waals surface area contributed by atoms with Crippen molar-refractivity contribution in [2.24, 2.45) is 5.92 Å². The minimum atomic E-state index is 0.550. The SMILES string of the molecule is C=C(CNC(C)C)CN1CCCC(C)C1C. The molecule has 1 aliphatic rings. The fourth-order valence-corrected chi connectivity index (χ4v) is 2.34. The number of piperidine rings is 1. The largest absolute Gasteiger partial charge is 0.311 e. The molecule has 0 aromatic heterocycles. The molecule has 2 unspecified atom stereocenters. The van der Waals surface area contributed by atoms with E-state index in [1.807, 2.05) is 0 Å². The van der Waals surface area contributed by atoms with E-state index in [1.165, 1.54) is 25.0 Å². The van der Waals surface area contributed by atoms with Gasteiger partial charge < -0.3 is 5.32 Å². The van der Waals surface area contributed by atoms with Crippen LogP contribution in [0.5, 0.6) is 0 Å². The summed E-state index contributed by atoms with van der Waals surface area (Å²) >= 11 is 0. The standard InChI is InChI=1S/C14H28N2/c1-11(2)15-9-12(3)10-16-8-6-7-13(4)14(16)5/h11,13-15H,3,6-10H2,1-2,4-5H3. The molecule has 1 saturated heterocycles. The molecule has 1 heterocycles. The molecular formula is C14H28N2. The third-order valence-corrected chi connectivity index (χ3v) is 3.69. The monoisotopic (exact) mass is 224 g/mol. The van der Waals surface area contributed by atoms with Gasteiger partial charge in [-0.15, -0.1) is 0 Å². The Balaban J connectivity index is 2.32. The highest BCUT2D eigenvalue weighted by Crippen LogP contribution is 2.23. The highest BCUT2D eigenvalue weighted by molar-refractivity contribution is 5.01. The molecule has 94 valence electrons. The van der Waals surface area contributed by atoms with Crippen LogP contribution in [0.2, 0.25) is 0 Å². The van der Waals surface area contributed by atoms with Gasteiger partial charge in [0, 0.05) is 25.2 Å². The van der Waals surface area contributed by atoms with E-state index in [2.05, 4.69) is 44.5 Å². The van der Waals surface area contributed by atoms with Crippen molar-refractivity contribution in [1.29, 1.82) is 0 Å². The second-order valence-electron chi connectivity index (χ2n) is 5.62. The normalized spacial score (nSPS) is 27.3. The minimum Gasteiger partial charge on any atom is -0.311 e. The maximum absolute atomic E-state index is 4.18. The van der Waals surface area contributed by atoms with Crippen LogP contribution in [0.25, 0.3) is 0 Å². The van der Waals surface area contributed by atoms with Gasteiger partial charge in [0.2, 0.25) is 0 Å². The Labute approximate surface area is 101 Å². The zero-order valence-electron chi connectivity index (χ0n) is 11.4. The van der Waals surface area contributed by atoms with Gasteiger partial charge in [0.15, 0.2) is 0 Å². The Morgan fingerprint density at radius 2 is 2.12 bits per heavy atom. The highest BCUT2D eigenvalue weighted by atomic mass is 15.2. The number of nitrogens with zero attached hydrogens (tertiary/aromatic N) is 1. The van der Waals surface area contributed by atoms with Crippen molar-refractivity contribution in [2.45, 2.75) is 52.6 Å². The van der Waals surface area contributed by atoms with E-state index >= 15 is 0 Å². The Bertz CT molecular complexity index is 223. The Morgan fingerprint density at radius 1 is 1.44 bits per heavy atom. The van der Waals surface area contributed by atoms with Crippen molar-refractivity contribution < 1.29 is 0 Å². The summed E-state index contributed by atoms with van der Waals surface area (Å²) in [5.74, 6) is 0.833. The first kappa shape index (κ1) is 13.7.